The Morgan fingerprint density at radius 3 is 2.62 bits per heavy atom. The second-order valence-corrected chi connectivity index (χ2v) is 5.45. The maximum Gasteiger partial charge on any atom is 0.335 e. The van der Waals surface area contributed by atoms with Gasteiger partial charge in [-0.1, -0.05) is 18.6 Å². The largest absolute Gasteiger partial charge is 0.478 e. The van der Waals surface area contributed by atoms with Gasteiger partial charge in [-0.15, -0.1) is 0 Å². The molecular formula is C16H21NO4. The number of benzene rings is 1. The van der Waals surface area contributed by atoms with Gasteiger partial charge in [0.25, 0.3) is 0 Å². The number of amides is 1. The lowest BCUT2D eigenvalue weighted by atomic mass is 10.1. The zero-order valence-corrected chi connectivity index (χ0v) is 12.2. The number of carboxylic acids is 1. The van der Waals surface area contributed by atoms with E-state index in [0.29, 0.717) is 12.5 Å². The Bertz CT molecular complexity index is 498. The molecular weight excluding hydrogens is 270 g/mol. The van der Waals surface area contributed by atoms with Crippen LogP contribution in [0, 0.1) is 5.92 Å². The minimum absolute atomic E-state index is 0.0418. The molecule has 1 saturated carbocycles. The van der Waals surface area contributed by atoms with E-state index < -0.39 is 5.97 Å². The lowest BCUT2D eigenvalue weighted by molar-refractivity contribution is -0.120. The Balaban J connectivity index is 1.80. The van der Waals surface area contributed by atoms with E-state index >= 15 is 0 Å². The van der Waals surface area contributed by atoms with Crippen molar-refractivity contribution >= 4 is 11.9 Å². The molecule has 21 heavy (non-hydrogen) atoms. The van der Waals surface area contributed by atoms with Crippen LogP contribution in [0.3, 0.4) is 0 Å². The first-order valence-corrected chi connectivity index (χ1v) is 7.22. The average molecular weight is 291 g/mol. The molecule has 0 heterocycles. The number of ether oxygens (including phenoxy) is 1. The highest BCUT2D eigenvalue weighted by Gasteiger charge is 2.27. The van der Waals surface area contributed by atoms with E-state index in [4.69, 9.17) is 9.84 Å². The Hall–Kier alpha value is -1.88. The van der Waals surface area contributed by atoms with Crippen molar-refractivity contribution in [2.24, 2.45) is 5.92 Å². The lowest BCUT2D eigenvalue weighted by Crippen LogP contribution is -2.34. The molecule has 0 radical (unpaired) electrons. The molecule has 1 fully saturated rings. The number of carbonyl (C=O) groups excluding carboxylic acids is 1. The third-order valence-electron chi connectivity index (χ3n) is 4.02. The zero-order chi connectivity index (χ0) is 15.2. The standard InChI is InChI=1S/C16H21NO4/c1-21-14-4-2-3-13(14)10-17-15(18)9-11-5-7-12(8-6-11)16(19)20/h5-8,13-14H,2-4,9-10H2,1H3,(H,17,18)(H,19,20). The van der Waals surface area contributed by atoms with E-state index in [0.717, 1.165) is 24.8 Å². The van der Waals surface area contributed by atoms with Crippen molar-refractivity contribution in [2.45, 2.75) is 31.8 Å². The van der Waals surface area contributed by atoms with Gasteiger partial charge >= 0.3 is 5.97 Å². The number of nitrogens with one attached hydrogen (secondary N) is 1. The monoisotopic (exact) mass is 291 g/mol. The van der Waals surface area contributed by atoms with E-state index in [-0.39, 0.29) is 24.0 Å². The van der Waals surface area contributed by atoms with Crippen LogP contribution in [0.25, 0.3) is 0 Å². The normalized spacial score (nSPS) is 21.2. The van der Waals surface area contributed by atoms with Crippen molar-refractivity contribution in [2.75, 3.05) is 13.7 Å². The fraction of sp³-hybridized carbons (Fsp3) is 0.500. The summed E-state index contributed by atoms with van der Waals surface area (Å²) >= 11 is 0. The molecule has 1 aromatic rings. The Kier molecular flexibility index (Phi) is 5.33. The van der Waals surface area contributed by atoms with Gasteiger partial charge in [-0.25, -0.2) is 4.79 Å². The molecule has 2 N–H and O–H groups in total. The highest BCUT2D eigenvalue weighted by Crippen LogP contribution is 2.27. The number of rotatable bonds is 6. The van der Waals surface area contributed by atoms with Gasteiger partial charge in [0.1, 0.15) is 0 Å². The van der Waals surface area contributed by atoms with Crippen molar-refractivity contribution in [3.63, 3.8) is 0 Å². The van der Waals surface area contributed by atoms with Crippen LogP contribution in [0.4, 0.5) is 0 Å². The van der Waals surface area contributed by atoms with Crippen LogP contribution in [-0.4, -0.2) is 36.7 Å². The first kappa shape index (κ1) is 15.5. The second-order valence-electron chi connectivity index (χ2n) is 5.45. The number of hydrogen-bond acceptors (Lipinski definition) is 3. The number of methoxy groups -OCH3 is 1. The second kappa shape index (κ2) is 7.22. The van der Waals surface area contributed by atoms with Gasteiger partial charge in [-0.3, -0.25) is 4.79 Å². The summed E-state index contributed by atoms with van der Waals surface area (Å²) in [6, 6.07) is 6.39. The third-order valence-corrected chi connectivity index (χ3v) is 4.02. The molecule has 114 valence electrons. The highest BCUT2D eigenvalue weighted by molar-refractivity contribution is 5.87. The van der Waals surface area contributed by atoms with Gasteiger partial charge in [0.2, 0.25) is 5.91 Å². The first-order chi connectivity index (χ1) is 10.1. The van der Waals surface area contributed by atoms with Crippen LogP contribution in [0.5, 0.6) is 0 Å². The van der Waals surface area contributed by atoms with Crippen molar-refractivity contribution in [1.29, 1.82) is 0 Å². The van der Waals surface area contributed by atoms with Crippen molar-refractivity contribution < 1.29 is 19.4 Å². The van der Waals surface area contributed by atoms with Crippen molar-refractivity contribution in [3.05, 3.63) is 35.4 Å². The summed E-state index contributed by atoms with van der Waals surface area (Å²) in [6.07, 6.45) is 3.82. The zero-order valence-electron chi connectivity index (χ0n) is 12.2. The summed E-state index contributed by atoms with van der Waals surface area (Å²) in [4.78, 5) is 22.7. The molecule has 5 nitrogen and oxygen atoms in total. The Labute approximate surface area is 124 Å². The van der Waals surface area contributed by atoms with Crippen molar-refractivity contribution in [1.82, 2.24) is 5.32 Å². The number of hydrogen-bond donors (Lipinski definition) is 2. The topological polar surface area (TPSA) is 75.6 Å². The molecule has 1 aromatic carbocycles. The van der Waals surface area contributed by atoms with Crippen molar-refractivity contribution in [3.8, 4) is 0 Å². The van der Waals surface area contributed by atoms with Crippen LogP contribution in [0.2, 0.25) is 0 Å². The highest BCUT2D eigenvalue weighted by atomic mass is 16.5. The predicted octanol–water partition coefficient (Wildman–Crippen LogP) is 1.86. The minimum atomic E-state index is -0.960. The molecule has 5 heteroatoms. The van der Waals surface area contributed by atoms with Crippen LogP contribution in [0.15, 0.2) is 24.3 Å². The molecule has 2 unspecified atom stereocenters. The van der Waals surface area contributed by atoms with Crippen LogP contribution >= 0.6 is 0 Å². The molecule has 0 aromatic heterocycles. The van der Waals surface area contributed by atoms with E-state index in [2.05, 4.69) is 5.32 Å². The number of aromatic carboxylic acids is 1. The summed E-state index contributed by atoms with van der Waals surface area (Å²) in [5, 5.41) is 11.8. The van der Waals surface area contributed by atoms with Crippen LogP contribution < -0.4 is 5.32 Å². The molecule has 0 saturated heterocycles. The molecule has 0 bridgehead atoms. The van der Waals surface area contributed by atoms with Gasteiger partial charge in [0.15, 0.2) is 0 Å². The molecule has 1 aliphatic rings. The van der Waals surface area contributed by atoms with Crippen LogP contribution in [-0.2, 0) is 16.0 Å². The van der Waals surface area contributed by atoms with Crippen LogP contribution in [0.1, 0.15) is 35.2 Å². The lowest BCUT2D eigenvalue weighted by Gasteiger charge is -2.18. The number of carboxylic acid groups (broad SMARTS) is 1. The Morgan fingerprint density at radius 1 is 1.29 bits per heavy atom. The summed E-state index contributed by atoms with van der Waals surface area (Å²) in [5.74, 6) is -0.606. The maximum absolute atomic E-state index is 11.9. The van der Waals surface area contributed by atoms with Gasteiger partial charge in [0, 0.05) is 19.6 Å². The van der Waals surface area contributed by atoms with E-state index in [9.17, 15) is 9.59 Å². The summed E-state index contributed by atoms with van der Waals surface area (Å²) in [6.45, 7) is 0.643. The third kappa shape index (κ3) is 4.29. The molecule has 1 amide bonds. The average Bonchev–Trinajstić information content (AvgIpc) is 2.93. The molecule has 2 rings (SSSR count). The van der Waals surface area contributed by atoms with Gasteiger partial charge < -0.3 is 15.2 Å². The molecule has 0 aliphatic heterocycles. The SMILES string of the molecule is COC1CCCC1CNC(=O)Cc1ccc(C(=O)O)cc1. The van der Waals surface area contributed by atoms with E-state index in [1.54, 1.807) is 19.2 Å². The fourth-order valence-electron chi connectivity index (χ4n) is 2.80. The van der Waals surface area contributed by atoms with E-state index in [1.807, 2.05) is 0 Å². The Morgan fingerprint density at radius 2 is 2.00 bits per heavy atom. The smallest absolute Gasteiger partial charge is 0.335 e. The van der Waals surface area contributed by atoms with Gasteiger partial charge in [-0.05, 0) is 30.5 Å². The summed E-state index contributed by atoms with van der Waals surface area (Å²) in [5.41, 5.74) is 1.04. The van der Waals surface area contributed by atoms with E-state index in [1.165, 1.54) is 12.1 Å². The quantitative estimate of drug-likeness (QED) is 0.839. The first-order valence-electron chi connectivity index (χ1n) is 7.22. The summed E-state index contributed by atoms with van der Waals surface area (Å²) in [7, 11) is 1.72. The van der Waals surface area contributed by atoms with Gasteiger partial charge in [0.05, 0.1) is 18.1 Å². The predicted molar refractivity (Wildman–Crippen MR) is 78.3 cm³/mol. The molecule has 1 aliphatic carbocycles. The molecule has 0 spiro atoms. The van der Waals surface area contributed by atoms with Gasteiger partial charge in [-0.2, -0.15) is 0 Å². The minimum Gasteiger partial charge on any atom is -0.478 e. The maximum atomic E-state index is 11.9. The number of carbonyl (C=O) groups is 2. The summed E-state index contributed by atoms with van der Waals surface area (Å²) < 4.78 is 5.40. The fourth-order valence-corrected chi connectivity index (χ4v) is 2.80. The molecule has 2 atom stereocenters.